The Labute approximate surface area is 270 Å². The van der Waals surface area contributed by atoms with Gasteiger partial charge < -0.3 is 15.2 Å². The highest BCUT2D eigenvalue weighted by atomic mass is 32.1. The van der Waals surface area contributed by atoms with Crippen molar-refractivity contribution < 1.29 is 18.0 Å². The number of amides is 1. The predicted octanol–water partition coefficient (Wildman–Crippen LogP) is 6.85. The Morgan fingerprint density at radius 2 is 1.91 bits per heavy atom. The van der Waals surface area contributed by atoms with Crippen molar-refractivity contribution in [3.63, 3.8) is 0 Å². The lowest BCUT2D eigenvalue weighted by molar-refractivity contribution is -0.169. The molecule has 3 aromatic heterocycles. The fourth-order valence-corrected chi connectivity index (χ4v) is 9.16. The highest BCUT2D eigenvalue weighted by Crippen LogP contribution is 2.69. The molecule has 0 unspecified atom stereocenters. The number of likely N-dealkylation sites (tertiary alicyclic amines) is 1. The minimum absolute atomic E-state index is 0.0239. The highest BCUT2D eigenvalue weighted by Gasteiger charge is 2.67. The first-order valence-corrected chi connectivity index (χ1v) is 16.9. The Hall–Kier alpha value is -3.69. The number of thiophene rings is 1. The smallest absolute Gasteiger partial charge is 0.367 e. The van der Waals surface area contributed by atoms with Gasteiger partial charge in [0.1, 0.15) is 28.7 Å². The summed E-state index contributed by atoms with van der Waals surface area (Å²) in [7, 11) is 0. The number of hydrogen-bond donors (Lipinski definition) is 2. The van der Waals surface area contributed by atoms with Crippen LogP contribution in [-0.4, -0.2) is 56.2 Å². The van der Waals surface area contributed by atoms with Crippen molar-refractivity contribution in [3.05, 3.63) is 52.3 Å². The number of hydrogen-bond acceptors (Lipinski definition) is 7. The summed E-state index contributed by atoms with van der Waals surface area (Å²) in [5.41, 5.74) is 4.56. The van der Waals surface area contributed by atoms with Crippen molar-refractivity contribution in [1.29, 1.82) is 5.26 Å². The molecule has 4 fully saturated rings. The molecular formula is C34H38F3N7OS. The van der Waals surface area contributed by atoms with E-state index in [0.717, 1.165) is 86.9 Å². The first kappa shape index (κ1) is 30.9. The molecule has 8 nitrogen and oxygen atoms in total. The average molecular weight is 650 g/mol. The first-order valence-electron chi connectivity index (χ1n) is 16.1. The summed E-state index contributed by atoms with van der Waals surface area (Å²) in [4.78, 5) is 23.7. The largest absolute Gasteiger partial charge is 0.393 e. The standard InChI is InChI=1S/C34H38F3N7OS/c1-3-29(45)42-33-17-32(18-33,19-33)8-11-44-24(15-38)12-26-21(2)22(4-5-28(26)44)16-43-9-6-23(7-10-43)41-30-27-13-25(14-34(35,36)37)46-31(27)40-20-39-30/h4-5,12-13,20,23H,3,6-11,14,16-19H2,1-2H3,(H,42,45)(H,39,40,41). The Bertz CT molecular complexity index is 1830. The van der Waals surface area contributed by atoms with Crippen LogP contribution in [0.5, 0.6) is 0 Å². The average Bonchev–Trinajstić information content (AvgIpc) is 3.56. The van der Waals surface area contributed by atoms with E-state index in [2.05, 4.69) is 55.2 Å². The summed E-state index contributed by atoms with van der Waals surface area (Å²) in [6, 6.07) is 10.5. The maximum atomic E-state index is 12.9. The number of fused-ring (bicyclic) bond motifs is 2. The van der Waals surface area contributed by atoms with Crippen LogP contribution in [0.15, 0.2) is 30.6 Å². The van der Waals surface area contributed by atoms with E-state index in [4.69, 9.17) is 0 Å². The minimum atomic E-state index is -4.25. The second-order valence-corrected chi connectivity index (χ2v) is 14.8. The molecule has 1 amide bonds. The van der Waals surface area contributed by atoms with Gasteiger partial charge in [-0.1, -0.05) is 13.0 Å². The molecule has 4 aromatic rings. The SMILES string of the molecule is CCC(=O)NC12CC(CCn3c(C#N)cc4c(C)c(CN5CCC(Nc6ncnc7sc(CC(F)(F)F)cc67)CC5)ccc43)(C1)C2. The lowest BCUT2D eigenvalue weighted by Crippen LogP contribution is -2.74. The third-order valence-corrected chi connectivity index (χ3v) is 11.4. The number of anilines is 1. The van der Waals surface area contributed by atoms with E-state index in [0.29, 0.717) is 33.6 Å². The topological polar surface area (TPSA) is 98.9 Å². The van der Waals surface area contributed by atoms with E-state index in [1.54, 1.807) is 6.07 Å². The number of benzene rings is 1. The number of carbonyl (C=O) groups excluding carboxylic acids is 1. The Balaban J connectivity index is 0.966. The van der Waals surface area contributed by atoms with Crippen molar-refractivity contribution in [2.75, 3.05) is 18.4 Å². The first-order chi connectivity index (χ1) is 22.0. The number of nitriles is 1. The second-order valence-electron chi connectivity index (χ2n) is 13.7. The van der Waals surface area contributed by atoms with Crippen molar-refractivity contribution in [3.8, 4) is 6.07 Å². The number of piperidine rings is 1. The summed E-state index contributed by atoms with van der Waals surface area (Å²) in [5.74, 6) is 0.735. The summed E-state index contributed by atoms with van der Waals surface area (Å²) < 4.78 is 41.0. The van der Waals surface area contributed by atoms with Gasteiger partial charge in [-0.25, -0.2) is 9.97 Å². The number of aromatic nitrogens is 3. The monoisotopic (exact) mass is 649 g/mol. The normalized spacial score (nSPS) is 23.2. The van der Waals surface area contributed by atoms with Gasteiger partial charge in [-0.05, 0) is 80.2 Å². The van der Waals surface area contributed by atoms with Gasteiger partial charge in [0, 0.05) is 60.0 Å². The van der Waals surface area contributed by atoms with Crippen LogP contribution in [0.25, 0.3) is 21.1 Å². The molecule has 1 aromatic carbocycles. The van der Waals surface area contributed by atoms with Crippen molar-refractivity contribution >= 4 is 44.2 Å². The maximum absolute atomic E-state index is 12.9. The third kappa shape index (κ3) is 5.84. The van der Waals surface area contributed by atoms with Gasteiger partial charge in [0.25, 0.3) is 0 Å². The summed E-state index contributed by atoms with van der Waals surface area (Å²) in [6.07, 6.45) is 2.66. The molecule has 1 aliphatic heterocycles. The van der Waals surface area contributed by atoms with Crippen molar-refractivity contribution in [2.24, 2.45) is 5.41 Å². The summed E-state index contributed by atoms with van der Waals surface area (Å²) in [5, 5.41) is 18.4. The van der Waals surface area contributed by atoms with Gasteiger partial charge in [0.05, 0.1) is 11.8 Å². The number of carbonyl (C=O) groups is 1. The number of alkyl halides is 3. The van der Waals surface area contributed by atoms with Gasteiger partial charge in [0.15, 0.2) is 0 Å². The van der Waals surface area contributed by atoms with Gasteiger partial charge in [0.2, 0.25) is 5.91 Å². The van der Waals surface area contributed by atoms with Gasteiger partial charge >= 0.3 is 6.18 Å². The quantitative estimate of drug-likeness (QED) is 0.195. The van der Waals surface area contributed by atoms with Crippen LogP contribution in [-0.2, 0) is 24.3 Å². The van der Waals surface area contributed by atoms with Crippen molar-refractivity contribution in [2.45, 2.75) is 96.1 Å². The van der Waals surface area contributed by atoms with E-state index in [9.17, 15) is 23.2 Å². The third-order valence-electron chi connectivity index (χ3n) is 10.4. The van der Waals surface area contributed by atoms with E-state index in [-0.39, 0.29) is 22.4 Å². The number of rotatable bonds is 10. The molecule has 0 spiro atoms. The molecule has 2 bridgehead atoms. The molecule has 46 heavy (non-hydrogen) atoms. The van der Waals surface area contributed by atoms with Gasteiger partial charge in [-0.2, -0.15) is 18.4 Å². The number of nitrogens with one attached hydrogen (secondary N) is 2. The molecule has 12 heteroatoms. The van der Waals surface area contributed by atoms with Crippen LogP contribution in [0, 0.1) is 23.7 Å². The molecule has 2 N–H and O–H groups in total. The molecule has 0 radical (unpaired) electrons. The number of aryl methyl sites for hydroxylation is 2. The lowest BCUT2D eigenvalue weighted by Gasteiger charge is -2.71. The van der Waals surface area contributed by atoms with E-state index < -0.39 is 12.6 Å². The molecule has 0 atom stereocenters. The molecule has 4 aliphatic rings. The fraction of sp³-hybridized carbons (Fsp3) is 0.529. The van der Waals surface area contributed by atoms with Crippen LogP contribution in [0.2, 0.25) is 0 Å². The van der Waals surface area contributed by atoms with Gasteiger partial charge in [-0.3, -0.25) is 9.69 Å². The molecule has 1 saturated heterocycles. The Morgan fingerprint density at radius 3 is 2.61 bits per heavy atom. The van der Waals surface area contributed by atoms with Crippen LogP contribution in [0.1, 0.15) is 73.6 Å². The van der Waals surface area contributed by atoms with E-state index in [1.807, 2.05) is 13.0 Å². The second kappa shape index (κ2) is 11.5. The zero-order chi connectivity index (χ0) is 32.3. The highest BCUT2D eigenvalue weighted by molar-refractivity contribution is 7.18. The fourth-order valence-electron chi connectivity index (χ4n) is 8.13. The number of halogens is 3. The Kier molecular flexibility index (Phi) is 7.75. The molecule has 3 saturated carbocycles. The summed E-state index contributed by atoms with van der Waals surface area (Å²) in [6.45, 7) is 7.43. The molecule has 8 rings (SSSR count). The van der Waals surface area contributed by atoms with Crippen LogP contribution in [0.4, 0.5) is 19.0 Å². The van der Waals surface area contributed by atoms with E-state index >= 15 is 0 Å². The Morgan fingerprint density at radius 1 is 1.15 bits per heavy atom. The summed E-state index contributed by atoms with van der Waals surface area (Å²) >= 11 is 1.07. The lowest BCUT2D eigenvalue weighted by atomic mass is 9.38. The minimum Gasteiger partial charge on any atom is -0.367 e. The van der Waals surface area contributed by atoms with E-state index in [1.165, 1.54) is 17.5 Å². The zero-order valence-corrected chi connectivity index (χ0v) is 27.0. The molecule has 3 aliphatic carbocycles. The van der Waals surface area contributed by atoms with Crippen LogP contribution >= 0.6 is 11.3 Å². The zero-order valence-electron chi connectivity index (χ0n) is 26.1. The predicted molar refractivity (Wildman–Crippen MR) is 173 cm³/mol. The van der Waals surface area contributed by atoms with Crippen LogP contribution in [0.3, 0.4) is 0 Å². The van der Waals surface area contributed by atoms with Crippen molar-refractivity contribution in [1.82, 2.24) is 24.8 Å². The number of nitrogens with zero attached hydrogens (tertiary/aromatic N) is 5. The van der Waals surface area contributed by atoms with Gasteiger partial charge in [-0.15, -0.1) is 11.3 Å². The molecule has 242 valence electrons. The molecule has 4 heterocycles. The molecular weight excluding hydrogens is 611 g/mol. The van der Waals surface area contributed by atoms with Crippen LogP contribution < -0.4 is 10.6 Å². The maximum Gasteiger partial charge on any atom is 0.393 e.